The number of carboxylic acid groups (broad SMARTS) is 1. The minimum Gasteiger partial charge on any atom is -0.478 e. The average Bonchev–Trinajstić information content (AvgIpc) is 2.60. The third-order valence-electron chi connectivity index (χ3n) is 4.62. The van der Waals surface area contributed by atoms with E-state index in [2.05, 4.69) is 0 Å². The molecule has 4 rings (SSSR count). The summed E-state index contributed by atoms with van der Waals surface area (Å²) in [6.45, 7) is 1.82. The van der Waals surface area contributed by atoms with Crippen LogP contribution in [0.4, 0.5) is 0 Å². The molecule has 130 valence electrons. The van der Waals surface area contributed by atoms with Gasteiger partial charge in [0.2, 0.25) is 0 Å². The summed E-state index contributed by atoms with van der Waals surface area (Å²) in [5.41, 5.74) is 2.24. The van der Waals surface area contributed by atoms with E-state index in [1.165, 1.54) is 18.2 Å². The Kier molecular flexibility index (Phi) is 3.61. The quantitative estimate of drug-likeness (QED) is 0.433. The highest BCUT2D eigenvalue weighted by Gasteiger charge is 2.32. The van der Waals surface area contributed by atoms with Crippen LogP contribution in [0.25, 0.3) is 11.0 Å². The van der Waals surface area contributed by atoms with E-state index in [9.17, 15) is 14.4 Å². The minimum atomic E-state index is -1.02. The Morgan fingerprint density at radius 2 is 1.85 bits per heavy atom. The Hall–Kier alpha value is -3.41. The van der Waals surface area contributed by atoms with E-state index < -0.39 is 11.6 Å². The van der Waals surface area contributed by atoms with Crippen molar-refractivity contribution in [1.82, 2.24) is 0 Å². The summed E-state index contributed by atoms with van der Waals surface area (Å²) in [7, 11) is 0. The SMILES string of the molecule is Cc1cc(=O)oc2c3c(ccc12)OC(=O)CC3c1ccc(C(=O)O)cc1. The van der Waals surface area contributed by atoms with E-state index in [4.69, 9.17) is 14.3 Å². The lowest BCUT2D eigenvalue weighted by molar-refractivity contribution is -0.135. The number of hydrogen-bond acceptors (Lipinski definition) is 5. The molecule has 0 saturated carbocycles. The molecule has 2 heterocycles. The first-order valence-electron chi connectivity index (χ1n) is 8.05. The maximum atomic E-state index is 12.0. The van der Waals surface area contributed by atoms with Crippen molar-refractivity contribution in [3.8, 4) is 5.75 Å². The van der Waals surface area contributed by atoms with Crippen LogP contribution in [0, 0.1) is 6.92 Å². The number of ether oxygens (including phenoxy) is 1. The zero-order chi connectivity index (χ0) is 18.4. The molecule has 0 bridgehead atoms. The molecule has 2 aromatic carbocycles. The molecule has 3 aromatic rings. The van der Waals surface area contributed by atoms with Crippen molar-refractivity contribution in [3.63, 3.8) is 0 Å². The van der Waals surface area contributed by atoms with Crippen LogP contribution in [0.5, 0.6) is 5.75 Å². The highest BCUT2D eigenvalue weighted by atomic mass is 16.5. The predicted octanol–water partition coefficient (Wildman–Crippen LogP) is 3.24. The van der Waals surface area contributed by atoms with Crippen LogP contribution >= 0.6 is 0 Å². The molecule has 6 nitrogen and oxygen atoms in total. The van der Waals surface area contributed by atoms with Crippen molar-refractivity contribution in [1.29, 1.82) is 0 Å². The van der Waals surface area contributed by atoms with Gasteiger partial charge in [0.25, 0.3) is 0 Å². The van der Waals surface area contributed by atoms with Crippen LogP contribution in [0.2, 0.25) is 0 Å². The number of rotatable bonds is 2. The van der Waals surface area contributed by atoms with Crippen LogP contribution in [0.15, 0.2) is 51.7 Å². The van der Waals surface area contributed by atoms with Crippen molar-refractivity contribution >= 4 is 22.9 Å². The second-order valence-corrected chi connectivity index (χ2v) is 6.26. The molecule has 0 radical (unpaired) electrons. The number of fused-ring (bicyclic) bond motifs is 3. The smallest absolute Gasteiger partial charge is 0.336 e. The molecule has 1 atom stereocenters. The van der Waals surface area contributed by atoms with E-state index in [0.29, 0.717) is 16.9 Å². The molecule has 0 fully saturated rings. The lowest BCUT2D eigenvalue weighted by atomic mass is 9.84. The van der Waals surface area contributed by atoms with E-state index >= 15 is 0 Å². The normalized spacial score (nSPS) is 16.2. The molecule has 1 aliphatic rings. The van der Waals surface area contributed by atoms with Gasteiger partial charge in [-0.25, -0.2) is 9.59 Å². The lowest BCUT2D eigenvalue weighted by Gasteiger charge is -2.25. The van der Waals surface area contributed by atoms with Crippen LogP contribution < -0.4 is 10.4 Å². The van der Waals surface area contributed by atoms with Crippen molar-refractivity contribution in [2.75, 3.05) is 0 Å². The fraction of sp³-hybridized carbons (Fsp3) is 0.150. The first-order valence-corrected chi connectivity index (χ1v) is 8.05. The third-order valence-corrected chi connectivity index (χ3v) is 4.62. The van der Waals surface area contributed by atoms with Crippen LogP contribution in [0.3, 0.4) is 0 Å². The van der Waals surface area contributed by atoms with E-state index in [1.54, 1.807) is 24.3 Å². The molecule has 6 heteroatoms. The van der Waals surface area contributed by atoms with Gasteiger partial charge in [0.15, 0.2) is 0 Å². The number of hydrogen-bond donors (Lipinski definition) is 1. The van der Waals surface area contributed by atoms with Gasteiger partial charge in [0.1, 0.15) is 11.3 Å². The first-order chi connectivity index (χ1) is 12.4. The van der Waals surface area contributed by atoms with Gasteiger partial charge in [-0.3, -0.25) is 4.79 Å². The number of aromatic carboxylic acids is 1. The largest absolute Gasteiger partial charge is 0.478 e. The van der Waals surface area contributed by atoms with Crippen LogP contribution in [-0.4, -0.2) is 17.0 Å². The summed E-state index contributed by atoms with van der Waals surface area (Å²) in [6.07, 6.45) is 0.0795. The molecule has 26 heavy (non-hydrogen) atoms. The Morgan fingerprint density at radius 3 is 2.54 bits per heavy atom. The lowest BCUT2D eigenvalue weighted by Crippen LogP contribution is -2.21. The van der Waals surface area contributed by atoms with E-state index in [-0.39, 0.29) is 23.9 Å². The topological polar surface area (TPSA) is 93.8 Å². The number of carbonyl (C=O) groups is 2. The number of carboxylic acids is 1. The summed E-state index contributed by atoms with van der Waals surface area (Å²) < 4.78 is 10.8. The monoisotopic (exact) mass is 350 g/mol. The van der Waals surface area contributed by atoms with Gasteiger partial charge in [-0.15, -0.1) is 0 Å². The molecule has 1 aliphatic heterocycles. The number of aryl methyl sites for hydroxylation is 1. The summed E-state index contributed by atoms with van der Waals surface area (Å²) >= 11 is 0. The van der Waals surface area contributed by atoms with Gasteiger partial charge >= 0.3 is 17.6 Å². The fourth-order valence-electron chi connectivity index (χ4n) is 3.38. The Bertz CT molecular complexity index is 1110. The molecular formula is C20H14O6. The maximum Gasteiger partial charge on any atom is 0.336 e. The second-order valence-electron chi connectivity index (χ2n) is 6.26. The molecule has 1 aromatic heterocycles. The Labute approximate surface area is 147 Å². The summed E-state index contributed by atoms with van der Waals surface area (Å²) in [4.78, 5) is 35.0. The zero-order valence-electron chi connectivity index (χ0n) is 13.8. The Balaban J connectivity index is 1.96. The van der Waals surface area contributed by atoms with E-state index in [0.717, 1.165) is 16.5 Å². The summed E-state index contributed by atoms with van der Waals surface area (Å²) in [5, 5.41) is 9.84. The number of esters is 1. The zero-order valence-corrected chi connectivity index (χ0v) is 13.8. The standard InChI is InChI=1S/C20H14O6/c1-10-8-16(21)26-19-13(10)6-7-15-18(19)14(9-17(22)25-15)11-2-4-12(5-3-11)20(23)24/h2-8,14H,9H2,1H3,(H,23,24). The third kappa shape index (κ3) is 2.56. The molecule has 0 saturated heterocycles. The van der Waals surface area contributed by atoms with Crippen LogP contribution in [0.1, 0.15) is 39.4 Å². The Morgan fingerprint density at radius 1 is 1.12 bits per heavy atom. The summed E-state index contributed by atoms with van der Waals surface area (Å²) in [5.74, 6) is -1.44. The number of carbonyl (C=O) groups excluding carboxylic acids is 1. The highest BCUT2D eigenvalue weighted by molar-refractivity contribution is 5.90. The molecule has 0 aliphatic carbocycles. The molecular weight excluding hydrogens is 336 g/mol. The van der Waals surface area contributed by atoms with Gasteiger partial charge in [-0.1, -0.05) is 12.1 Å². The fourth-order valence-corrected chi connectivity index (χ4v) is 3.38. The van der Waals surface area contributed by atoms with Crippen molar-refractivity contribution in [3.05, 3.63) is 75.1 Å². The molecule has 1 unspecified atom stereocenters. The molecule has 0 amide bonds. The highest BCUT2D eigenvalue weighted by Crippen LogP contribution is 2.43. The van der Waals surface area contributed by atoms with Gasteiger partial charge in [0, 0.05) is 22.9 Å². The minimum absolute atomic E-state index is 0.0795. The predicted molar refractivity (Wildman–Crippen MR) is 92.7 cm³/mol. The van der Waals surface area contributed by atoms with Gasteiger partial charge < -0.3 is 14.3 Å². The van der Waals surface area contributed by atoms with E-state index in [1.807, 2.05) is 6.92 Å². The summed E-state index contributed by atoms with van der Waals surface area (Å²) in [6, 6.07) is 11.2. The molecule has 1 N–H and O–H groups in total. The van der Waals surface area contributed by atoms with Gasteiger partial charge in [-0.05, 0) is 42.3 Å². The van der Waals surface area contributed by atoms with Crippen LogP contribution in [-0.2, 0) is 4.79 Å². The average molecular weight is 350 g/mol. The maximum absolute atomic E-state index is 12.0. The molecule has 0 spiro atoms. The first kappa shape index (κ1) is 16.1. The van der Waals surface area contributed by atoms with Crippen molar-refractivity contribution < 1.29 is 23.8 Å². The van der Waals surface area contributed by atoms with Gasteiger partial charge in [0.05, 0.1) is 12.0 Å². The van der Waals surface area contributed by atoms with Crippen molar-refractivity contribution in [2.45, 2.75) is 19.3 Å². The second kappa shape index (κ2) is 5.84. The van der Waals surface area contributed by atoms with Crippen molar-refractivity contribution in [2.24, 2.45) is 0 Å². The number of benzene rings is 2. The van der Waals surface area contributed by atoms with Gasteiger partial charge in [-0.2, -0.15) is 0 Å².